The number of hydrogen-bond donors (Lipinski definition) is 1. The topological polar surface area (TPSA) is 35.6 Å². The first-order valence-electron chi connectivity index (χ1n) is 7.89. The average Bonchev–Trinajstić information content (AvgIpc) is 2.97. The molecule has 1 N–H and O–H groups in total. The lowest BCUT2D eigenvalue weighted by Crippen LogP contribution is -2.27. The molecule has 1 amide bonds. The van der Waals surface area contributed by atoms with Crippen LogP contribution in [-0.4, -0.2) is 56.0 Å². The number of rotatable bonds is 7. The van der Waals surface area contributed by atoms with Crippen LogP contribution < -0.4 is 5.32 Å². The third kappa shape index (κ3) is 5.48. The lowest BCUT2D eigenvalue weighted by molar-refractivity contribution is 0.0952. The summed E-state index contributed by atoms with van der Waals surface area (Å²) in [6.07, 6.45) is 3.60. The SMILES string of the molecule is CN(C)CCCNC(=O)c1ccc(CN2CCCC2)cc1. The molecule has 1 saturated heterocycles. The molecule has 1 heterocycles. The van der Waals surface area contributed by atoms with Crippen LogP contribution in [-0.2, 0) is 6.54 Å². The van der Waals surface area contributed by atoms with E-state index in [0.717, 1.165) is 31.6 Å². The summed E-state index contributed by atoms with van der Waals surface area (Å²) in [7, 11) is 4.09. The van der Waals surface area contributed by atoms with Crippen LogP contribution in [0, 0.1) is 0 Å². The molecule has 0 aromatic heterocycles. The Morgan fingerprint density at radius 3 is 2.48 bits per heavy atom. The summed E-state index contributed by atoms with van der Waals surface area (Å²) < 4.78 is 0. The lowest BCUT2D eigenvalue weighted by atomic mass is 10.1. The number of carbonyl (C=O) groups excluding carboxylic acids is 1. The molecule has 116 valence electrons. The predicted molar refractivity (Wildman–Crippen MR) is 86.5 cm³/mol. The van der Waals surface area contributed by atoms with Crippen molar-refractivity contribution < 1.29 is 4.79 Å². The number of nitrogens with one attached hydrogen (secondary N) is 1. The third-order valence-electron chi connectivity index (χ3n) is 3.89. The third-order valence-corrected chi connectivity index (χ3v) is 3.89. The molecule has 0 saturated carbocycles. The summed E-state index contributed by atoms with van der Waals surface area (Å²) in [6.45, 7) is 5.13. The van der Waals surface area contributed by atoms with Gasteiger partial charge in [-0.1, -0.05) is 12.1 Å². The van der Waals surface area contributed by atoms with Crippen LogP contribution in [0.3, 0.4) is 0 Å². The molecule has 1 aromatic carbocycles. The molecule has 1 aliphatic rings. The second-order valence-corrected chi connectivity index (χ2v) is 6.09. The first kappa shape index (κ1) is 16.0. The fraction of sp³-hybridized carbons (Fsp3) is 0.588. The van der Waals surface area contributed by atoms with Crippen LogP contribution in [0.25, 0.3) is 0 Å². The Kier molecular flexibility index (Phi) is 6.21. The molecule has 0 bridgehead atoms. The maximum absolute atomic E-state index is 12.0. The number of benzene rings is 1. The Labute approximate surface area is 128 Å². The molecule has 1 aliphatic heterocycles. The van der Waals surface area contributed by atoms with Crippen molar-refractivity contribution in [2.45, 2.75) is 25.8 Å². The van der Waals surface area contributed by atoms with Crippen molar-refractivity contribution in [1.29, 1.82) is 0 Å². The largest absolute Gasteiger partial charge is 0.352 e. The maximum atomic E-state index is 12.0. The van der Waals surface area contributed by atoms with Gasteiger partial charge in [0.1, 0.15) is 0 Å². The standard InChI is InChI=1S/C17H27N3O/c1-19(2)11-5-10-18-17(21)16-8-6-15(7-9-16)14-20-12-3-4-13-20/h6-9H,3-5,10-14H2,1-2H3,(H,18,21). The molecule has 0 atom stereocenters. The second kappa shape index (κ2) is 8.15. The molecule has 2 rings (SSSR count). The van der Waals surface area contributed by atoms with Gasteiger partial charge in [-0.25, -0.2) is 0 Å². The van der Waals surface area contributed by atoms with Crippen LogP contribution in [0.15, 0.2) is 24.3 Å². The van der Waals surface area contributed by atoms with Gasteiger partial charge in [-0.05, 0) is 70.7 Å². The van der Waals surface area contributed by atoms with Gasteiger partial charge in [-0.2, -0.15) is 0 Å². The fourth-order valence-electron chi connectivity index (χ4n) is 2.66. The molecule has 21 heavy (non-hydrogen) atoms. The number of carbonyl (C=O) groups is 1. The highest BCUT2D eigenvalue weighted by molar-refractivity contribution is 5.94. The molecule has 1 fully saturated rings. The van der Waals surface area contributed by atoms with Crippen molar-refractivity contribution in [3.63, 3.8) is 0 Å². The highest BCUT2D eigenvalue weighted by Crippen LogP contribution is 2.13. The molecular weight excluding hydrogens is 262 g/mol. The summed E-state index contributed by atoms with van der Waals surface area (Å²) in [4.78, 5) is 16.6. The molecule has 0 spiro atoms. The second-order valence-electron chi connectivity index (χ2n) is 6.09. The quantitative estimate of drug-likeness (QED) is 0.780. The van der Waals surface area contributed by atoms with Gasteiger partial charge in [0.25, 0.3) is 5.91 Å². The van der Waals surface area contributed by atoms with Gasteiger partial charge in [0.15, 0.2) is 0 Å². The Hall–Kier alpha value is -1.39. The average molecular weight is 289 g/mol. The molecule has 1 aromatic rings. The Balaban J connectivity index is 1.76. The minimum absolute atomic E-state index is 0.0291. The zero-order chi connectivity index (χ0) is 15.1. The summed E-state index contributed by atoms with van der Waals surface area (Å²) >= 11 is 0. The molecule has 0 unspecified atom stereocenters. The van der Waals surface area contributed by atoms with E-state index >= 15 is 0 Å². The van der Waals surface area contributed by atoms with Gasteiger partial charge in [-0.3, -0.25) is 9.69 Å². The number of nitrogens with zero attached hydrogens (tertiary/aromatic N) is 2. The fourth-order valence-corrected chi connectivity index (χ4v) is 2.66. The first-order valence-corrected chi connectivity index (χ1v) is 7.89. The predicted octanol–water partition coefficient (Wildman–Crippen LogP) is 1.96. The zero-order valence-electron chi connectivity index (χ0n) is 13.3. The van der Waals surface area contributed by atoms with Crippen LogP contribution in [0.2, 0.25) is 0 Å². The molecule has 0 radical (unpaired) electrons. The van der Waals surface area contributed by atoms with E-state index in [4.69, 9.17) is 0 Å². The molecule has 0 aliphatic carbocycles. The van der Waals surface area contributed by atoms with E-state index in [-0.39, 0.29) is 5.91 Å². The van der Waals surface area contributed by atoms with Crippen LogP contribution >= 0.6 is 0 Å². The minimum Gasteiger partial charge on any atom is -0.352 e. The molecule has 4 nitrogen and oxygen atoms in total. The van der Waals surface area contributed by atoms with Crippen LogP contribution in [0.4, 0.5) is 0 Å². The van der Waals surface area contributed by atoms with Gasteiger partial charge < -0.3 is 10.2 Å². The van der Waals surface area contributed by atoms with Crippen molar-refractivity contribution in [3.8, 4) is 0 Å². The minimum atomic E-state index is 0.0291. The van der Waals surface area contributed by atoms with Gasteiger partial charge in [-0.15, -0.1) is 0 Å². The van der Waals surface area contributed by atoms with E-state index in [0.29, 0.717) is 0 Å². The maximum Gasteiger partial charge on any atom is 0.251 e. The number of amides is 1. The van der Waals surface area contributed by atoms with Crippen molar-refractivity contribution in [1.82, 2.24) is 15.1 Å². The first-order chi connectivity index (χ1) is 10.1. The van der Waals surface area contributed by atoms with E-state index in [9.17, 15) is 4.79 Å². The summed E-state index contributed by atoms with van der Waals surface area (Å²) in [5.41, 5.74) is 2.05. The smallest absolute Gasteiger partial charge is 0.251 e. The number of hydrogen-bond acceptors (Lipinski definition) is 3. The Morgan fingerprint density at radius 2 is 1.86 bits per heavy atom. The van der Waals surface area contributed by atoms with E-state index in [2.05, 4.69) is 27.2 Å². The van der Waals surface area contributed by atoms with Gasteiger partial charge in [0.2, 0.25) is 0 Å². The van der Waals surface area contributed by atoms with Crippen molar-refractivity contribution in [3.05, 3.63) is 35.4 Å². The van der Waals surface area contributed by atoms with E-state index < -0.39 is 0 Å². The van der Waals surface area contributed by atoms with E-state index in [1.54, 1.807) is 0 Å². The number of likely N-dealkylation sites (tertiary alicyclic amines) is 1. The zero-order valence-corrected chi connectivity index (χ0v) is 13.3. The van der Waals surface area contributed by atoms with Crippen molar-refractivity contribution in [2.24, 2.45) is 0 Å². The van der Waals surface area contributed by atoms with Gasteiger partial charge >= 0.3 is 0 Å². The van der Waals surface area contributed by atoms with Gasteiger partial charge in [0.05, 0.1) is 0 Å². The summed E-state index contributed by atoms with van der Waals surface area (Å²) in [6, 6.07) is 8.03. The molecular formula is C17H27N3O. The van der Waals surface area contributed by atoms with Crippen LogP contribution in [0.5, 0.6) is 0 Å². The van der Waals surface area contributed by atoms with Crippen LogP contribution in [0.1, 0.15) is 35.2 Å². The normalized spacial score (nSPS) is 15.6. The molecule has 4 heteroatoms. The highest BCUT2D eigenvalue weighted by Gasteiger charge is 2.12. The van der Waals surface area contributed by atoms with Crippen molar-refractivity contribution in [2.75, 3.05) is 40.3 Å². The van der Waals surface area contributed by atoms with E-state index in [1.165, 1.54) is 31.5 Å². The van der Waals surface area contributed by atoms with Gasteiger partial charge in [0, 0.05) is 18.7 Å². The Morgan fingerprint density at radius 1 is 1.19 bits per heavy atom. The summed E-state index contributed by atoms with van der Waals surface area (Å²) in [5, 5.41) is 2.97. The lowest BCUT2D eigenvalue weighted by Gasteiger charge is -2.14. The monoisotopic (exact) mass is 289 g/mol. The Bertz CT molecular complexity index is 436. The highest BCUT2D eigenvalue weighted by atomic mass is 16.1. The van der Waals surface area contributed by atoms with E-state index in [1.807, 2.05) is 26.2 Å². The summed E-state index contributed by atoms with van der Waals surface area (Å²) in [5.74, 6) is 0.0291. The van der Waals surface area contributed by atoms with Crippen molar-refractivity contribution >= 4 is 5.91 Å².